The topological polar surface area (TPSA) is 142 Å². The fourth-order valence-corrected chi connectivity index (χ4v) is 2.27. The highest BCUT2D eigenvalue weighted by molar-refractivity contribution is 6.34. The molecule has 0 fully saturated rings. The van der Waals surface area contributed by atoms with E-state index in [1.807, 2.05) is 0 Å². The molecule has 2 aromatic rings. The van der Waals surface area contributed by atoms with Gasteiger partial charge in [-0.15, -0.1) is 0 Å². The lowest BCUT2D eigenvalue weighted by atomic mass is 10.1. The van der Waals surface area contributed by atoms with Crippen molar-refractivity contribution in [2.24, 2.45) is 0 Å². The first-order valence-corrected chi connectivity index (χ1v) is 7.73. The third kappa shape index (κ3) is 4.98. The van der Waals surface area contributed by atoms with Gasteiger partial charge in [0.1, 0.15) is 0 Å². The fraction of sp³-hybridized carbons (Fsp3) is 0.125. The number of nitrogens with one attached hydrogen (secondary N) is 1. The quantitative estimate of drug-likeness (QED) is 0.450. The first-order chi connectivity index (χ1) is 12.7. The van der Waals surface area contributed by atoms with Crippen molar-refractivity contribution in [2.45, 2.75) is 6.92 Å². The van der Waals surface area contributed by atoms with Crippen molar-refractivity contribution in [2.75, 3.05) is 11.9 Å². The Kier molecular flexibility index (Phi) is 6.03. The zero-order chi connectivity index (χ0) is 20.1. The summed E-state index contributed by atoms with van der Waals surface area (Å²) in [7, 11) is 0. The lowest BCUT2D eigenvalue weighted by Gasteiger charge is -2.08. The molecule has 0 radical (unpaired) electrons. The standard InChI is InChI=1S/C16H12ClN3O7/c1-9-2-3-10(6-14(9)20(25)26)16(22)27-8-15(21)18-13-5-4-11(19(23)24)7-12(13)17/h2-7H,8H2,1H3,(H,18,21). The molecule has 0 saturated heterocycles. The molecule has 11 heteroatoms. The van der Waals surface area contributed by atoms with Gasteiger partial charge in [-0.1, -0.05) is 17.7 Å². The monoisotopic (exact) mass is 393 g/mol. The summed E-state index contributed by atoms with van der Waals surface area (Å²) in [5.41, 5.74) is -0.0816. The van der Waals surface area contributed by atoms with Crippen molar-refractivity contribution in [1.82, 2.24) is 0 Å². The number of carbonyl (C=O) groups is 2. The fourth-order valence-electron chi connectivity index (χ4n) is 2.05. The normalized spacial score (nSPS) is 10.1. The van der Waals surface area contributed by atoms with E-state index < -0.39 is 28.3 Å². The molecule has 1 amide bonds. The molecule has 0 spiro atoms. The average Bonchev–Trinajstić information content (AvgIpc) is 2.61. The van der Waals surface area contributed by atoms with Crippen molar-refractivity contribution in [3.63, 3.8) is 0 Å². The van der Waals surface area contributed by atoms with Crippen LogP contribution in [-0.4, -0.2) is 28.3 Å². The second-order valence-electron chi connectivity index (χ2n) is 5.30. The molecule has 0 aliphatic carbocycles. The summed E-state index contributed by atoms with van der Waals surface area (Å²) in [5.74, 6) is -1.65. The zero-order valence-corrected chi connectivity index (χ0v) is 14.6. The maximum absolute atomic E-state index is 11.9. The van der Waals surface area contributed by atoms with Gasteiger partial charge in [-0.05, 0) is 19.1 Å². The summed E-state index contributed by atoms with van der Waals surface area (Å²) in [4.78, 5) is 44.1. The number of hydrogen-bond acceptors (Lipinski definition) is 7. The van der Waals surface area contributed by atoms with Crippen LogP contribution in [-0.2, 0) is 9.53 Å². The number of rotatable bonds is 6. The van der Waals surface area contributed by atoms with E-state index in [4.69, 9.17) is 16.3 Å². The summed E-state index contributed by atoms with van der Waals surface area (Å²) < 4.78 is 4.81. The van der Waals surface area contributed by atoms with Gasteiger partial charge in [-0.3, -0.25) is 25.0 Å². The number of nitrogens with zero attached hydrogens (tertiary/aromatic N) is 2. The van der Waals surface area contributed by atoms with Crippen molar-refractivity contribution in [3.8, 4) is 0 Å². The van der Waals surface area contributed by atoms with Gasteiger partial charge >= 0.3 is 5.97 Å². The summed E-state index contributed by atoms with van der Waals surface area (Å²) in [6, 6.07) is 7.25. The van der Waals surface area contributed by atoms with Gasteiger partial charge in [-0.2, -0.15) is 0 Å². The lowest BCUT2D eigenvalue weighted by Crippen LogP contribution is -2.21. The van der Waals surface area contributed by atoms with Crippen LogP contribution in [0.25, 0.3) is 0 Å². The second kappa shape index (κ2) is 8.23. The molecule has 140 valence electrons. The third-order valence-electron chi connectivity index (χ3n) is 3.41. The predicted molar refractivity (Wildman–Crippen MR) is 94.9 cm³/mol. The average molecular weight is 394 g/mol. The van der Waals surface area contributed by atoms with E-state index in [1.165, 1.54) is 25.1 Å². The number of ether oxygens (including phenoxy) is 1. The summed E-state index contributed by atoms with van der Waals surface area (Å²) >= 11 is 5.85. The van der Waals surface area contributed by atoms with Gasteiger partial charge < -0.3 is 10.1 Å². The van der Waals surface area contributed by atoms with Gasteiger partial charge in [-0.25, -0.2) is 4.79 Å². The summed E-state index contributed by atoms with van der Waals surface area (Å²) in [5, 5.41) is 23.8. The highest BCUT2D eigenvalue weighted by Crippen LogP contribution is 2.26. The zero-order valence-electron chi connectivity index (χ0n) is 13.8. The molecular weight excluding hydrogens is 382 g/mol. The van der Waals surface area contributed by atoms with E-state index >= 15 is 0 Å². The van der Waals surface area contributed by atoms with E-state index in [9.17, 15) is 29.8 Å². The molecule has 2 rings (SSSR count). The van der Waals surface area contributed by atoms with Crippen LogP contribution < -0.4 is 5.32 Å². The number of nitro benzene ring substituents is 2. The molecule has 0 aliphatic heterocycles. The summed E-state index contributed by atoms with van der Waals surface area (Å²) in [6.07, 6.45) is 0. The van der Waals surface area contributed by atoms with E-state index in [1.54, 1.807) is 0 Å². The SMILES string of the molecule is Cc1ccc(C(=O)OCC(=O)Nc2ccc([N+](=O)[O-])cc2Cl)cc1[N+](=O)[O-]. The molecule has 0 atom stereocenters. The van der Waals surface area contributed by atoms with Gasteiger partial charge in [0.05, 0.1) is 26.1 Å². The Morgan fingerprint density at radius 3 is 2.41 bits per heavy atom. The van der Waals surface area contributed by atoms with E-state index in [0.717, 1.165) is 18.2 Å². The molecule has 2 aromatic carbocycles. The number of aryl methyl sites for hydroxylation is 1. The number of esters is 1. The van der Waals surface area contributed by atoms with E-state index in [2.05, 4.69) is 5.32 Å². The molecular formula is C16H12ClN3O7. The largest absolute Gasteiger partial charge is 0.452 e. The van der Waals surface area contributed by atoms with Crippen LogP contribution in [0, 0.1) is 27.2 Å². The number of benzene rings is 2. The van der Waals surface area contributed by atoms with E-state index in [-0.39, 0.29) is 27.6 Å². The number of non-ortho nitro benzene ring substituents is 1. The van der Waals surface area contributed by atoms with E-state index in [0.29, 0.717) is 5.56 Å². The first kappa shape index (κ1) is 19.8. The van der Waals surface area contributed by atoms with Crippen molar-refractivity contribution in [1.29, 1.82) is 0 Å². The summed E-state index contributed by atoms with van der Waals surface area (Å²) in [6.45, 7) is 0.850. The maximum atomic E-state index is 11.9. The Balaban J connectivity index is 1.99. The molecule has 27 heavy (non-hydrogen) atoms. The van der Waals surface area contributed by atoms with Crippen molar-refractivity contribution < 1.29 is 24.2 Å². The molecule has 0 aromatic heterocycles. The number of nitro groups is 2. The minimum atomic E-state index is -0.914. The maximum Gasteiger partial charge on any atom is 0.338 e. The van der Waals surface area contributed by atoms with Crippen LogP contribution in [0.15, 0.2) is 36.4 Å². The molecule has 0 saturated carbocycles. The highest BCUT2D eigenvalue weighted by Gasteiger charge is 2.17. The van der Waals surface area contributed by atoms with Gasteiger partial charge in [0, 0.05) is 23.8 Å². The smallest absolute Gasteiger partial charge is 0.338 e. The third-order valence-corrected chi connectivity index (χ3v) is 3.73. The van der Waals surface area contributed by atoms with Gasteiger partial charge in [0.15, 0.2) is 6.61 Å². The minimum Gasteiger partial charge on any atom is -0.452 e. The van der Waals surface area contributed by atoms with Crippen LogP contribution in [0.1, 0.15) is 15.9 Å². The Morgan fingerprint density at radius 2 is 1.81 bits per heavy atom. The first-order valence-electron chi connectivity index (χ1n) is 7.35. The van der Waals surface area contributed by atoms with Crippen LogP contribution in [0.5, 0.6) is 0 Å². The highest BCUT2D eigenvalue weighted by atomic mass is 35.5. The lowest BCUT2D eigenvalue weighted by molar-refractivity contribution is -0.385. The van der Waals surface area contributed by atoms with Gasteiger partial charge in [0.25, 0.3) is 17.3 Å². The van der Waals surface area contributed by atoms with Gasteiger partial charge in [0.2, 0.25) is 0 Å². The molecule has 10 nitrogen and oxygen atoms in total. The Labute approximate surface area is 157 Å². The molecule has 0 heterocycles. The Hall–Kier alpha value is -3.53. The number of anilines is 1. The van der Waals surface area contributed by atoms with Crippen LogP contribution in [0.3, 0.4) is 0 Å². The minimum absolute atomic E-state index is 0.0574. The Morgan fingerprint density at radius 1 is 1.11 bits per heavy atom. The number of hydrogen-bond donors (Lipinski definition) is 1. The van der Waals surface area contributed by atoms with Crippen molar-refractivity contribution >= 4 is 40.5 Å². The van der Waals surface area contributed by atoms with Crippen LogP contribution in [0.2, 0.25) is 5.02 Å². The number of halogens is 1. The van der Waals surface area contributed by atoms with Crippen molar-refractivity contribution in [3.05, 3.63) is 72.8 Å². The molecule has 1 N–H and O–H groups in total. The Bertz CT molecular complexity index is 946. The van der Waals surface area contributed by atoms with Crippen LogP contribution >= 0.6 is 11.6 Å². The molecule has 0 bridgehead atoms. The number of amides is 1. The second-order valence-corrected chi connectivity index (χ2v) is 5.71. The molecule has 0 aliphatic rings. The predicted octanol–water partition coefficient (Wildman–Crippen LogP) is 3.26. The van der Waals surface area contributed by atoms with Crippen LogP contribution in [0.4, 0.5) is 17.1 Å². The molecule has 0 unspecified atom stereocenters. The number of carbonyl (C=O) groups excluding carboxylic acids is 2.